The summed E-state index contributed by atoms with van der Waals surface area (Å²) in [5, 5.41) is 3.15. The van der Waals surface area contributed by atoms with Gasteiger partial charge in [0.1, 0.15) is 11.9 Å². The van der Waals surface area contributed by atoms with Crippen LogP contribution in [0.15, 0.2) is 18.2 Å². The van der Waals surface area contributed by atoms with E-state index in [2.05, 4.69) is 5.32 Å². The molecule has 17 heavy (non-hydrogen) atoms. The summed E-state index contributed by atoms with van der Waals surface area (Å²) in [5.74, 6) is 0.529. The van der Waals surface area contributed by atoms with Crippen LogP contribution in [-0.2, 0) is 6.18 Å². The molecule has 0 amide bonds. The van der Waals surface area contributed by atoms with Crippen molar-refractivity contribution in [1.82, 2.24) is 0 Å². The van der Waals surface area contributed by atoms with Crippen molar-refractivity contribution >= 4 is 5.69 Å². The standard InChI is InChI=1S/C12H12F3NO/c13-12(14,15)7-4-5-11-9(6-7)16-8-2-1-3-10(8)17-11/h4-6,8,10,16H,1-3H2. The van der Waals surface area contributed by atoms with E-state index >= 15 is 0 Å². The summed E-state index contributed by atoms with van der Waals surface area (Å²) in [7, 11) is 0. The Morgan fingerprint density at radius 2 is 2.06 bits per heavy atom. The number of alkyl halides is 3. The highest BCUT2D eigenvalue weighted by Crippen LogP contribution is 2.40. The molecule has 1 N–H and O–H groups in total. The van der Waals surface area contributed by atoms with Gasteiger partial charge in [-0.3, -0.25) is 0 Å². The highest BCUT2D eigenvalue weighted by atomic mass is 19.4. The SMILES string of the molecule is FC(F)(F)c1ccc2c(c1)NC1CCCC1O2. The van der Waals surface area contributed by atoms with Crippen LogP contribution in [-0.4, -0.2) is 12.1 Å². The largest absolute Gasteiger partial charge is 0.486 e. The fourth-order valence-electron chi connectivity index (χ4n) is 2.52. The van der Waals surface area contributed by atoms with Crippen molar-refractivity contribution in [3.63, 3.8) is 0 Å². The molecule has 3 rings (SSSR count). The summed E-state index contributed by atoms with van der Waals surface area (Å²) in [4.78, 5) is 0. The van der Waals surface area contributed by atoms with Crippen LogP contribution in [0.5, 0.6) is 5.75 Å². The zero-order chi connectivity index (χ0) is 12.0. The molecule has 1 aliphatic carbocycles. The van der Waals surface area contributed by atoms with Crippen LogP contribution in [0.3, 0.4) is 0 Å². The molecule has 0 bridgehead atoms. The molecular weight excluding hydrogens is 231 g/mol. The van der Waals surface area contributed by atoms with Crippen molar-refractivity contribution in [2.24, 2.45) is 0 Å². The number of fused-ring (bicyclic) bond motifs is 2. The first kappa shape index (κ1) is 10.7. The fraction of sp³-hybridized carbons (Fsp3) is 0.500. The van der Waals surface area contributed by atoms with Crippen LogP contribution in [0.2, 0.25) is 0 Å². The second-order valence-electron chi connectivity index (χ2n) is 4.55. The number of ether oxygens (including phenoxy) is 1. The molecule has 92 valence electrons. The Bertz CT molecular complexity index is 444. The van der Waals surface area contributed by atoms with Crippen molar-refractivity contribution in [3.8, 4) is 5.75 Å². The Kier molecular flexibility index (Phi) is 2.24. The number of hydrogen-bond acceptors (Lipinski definition) is 2. The fourth-order valence-corrected chi connectivity index (χ4v) is 2.52. The lowest BCUT2D eigenvalue weighted by Gasteiger charge is -2.31. The van der Waals surface area contributed by atoms with Crippen LogP contribution < -0.4 is 10.1 Å². The molecule has 1 aromatic carbocycles. The van der Waals surface area contributed by atoms with Crippen LogP contribution in [0.25, 0.3) is 0 Å². The highest BCUT2D eigenvalue weighted by molar-refractivity contribution is 5.61. The molecule has 1 heterocycles. The molecule has 0 spiro atoms. The molecule has 2 unspecified atom stereocenters. The molecule has 2 atom stereocenters. The molecule has 0 aromatic heterocycles. The summed E-state index contributed by atoms with van der Waals surface area (Å²) in [6, 6.07) is 3.75. The van der Waals surface area contributed by atoms with Crippen molar-refractivity contribution in [3.05, 3.63) is 23.8 Å². The van der Waals surface area contributed by atoms with E-state index < -0.39 is 11.7 Å². The van der Waals surface area contributed by atoms with E-state index in [4.69, 9.17) is 4.74 Å². The van der Waals surface area contributed by atoms with Crippen molar-refractivity contribution in [2.75, 3.05) is 5.32 Å². The zero-order valence-electron chi connectivity index (χ0n) is 9.05. The third-order valence-corrected chi connectivity index (χ3v) is 3.38. The molecule has 0 radical (unpaired) electrons. The predicted octanol–water partition coefficient (Wildman–Crippen LogP) is 3.43. The van der Waals surface area contributed by atoms with Gasteiger partial charge >= 0.3 is 6.18 Å². The lowest BCUT2D eigenvalue weighted by Crippen LogP contribution is -2.37. The molecule has 0 saturated heterocycles. The van der Waals surface area contributed by atoms with Gasteiger partial charge in [0.2, 0.25) is 0 Å². The zero-order valence-corrected chi connectivity index (χ0v) is 9.05. The molecule has 1 fully saturated rings. The van der Waals surface area contributed by atoms with Gasteiger partial charge in [-0.25, -0.2) is 0 Å². The third-order valence-electron chi connectivity index (χ3n) is 3.38. The predicted molar refractivity (Wildman–Crippen MR) is 57.1 cm³/mol. The lowest BCUT2D eigenvalue weighted by molar-refractivity contribution is -0.137. The molecule has 2 aliphatic rings. The van der Waals surface area contributed by atoms with Gasteiger partial charge in [0, 0.05) is 0 Å². The van der Waals surface area contributed by atoms with Crippen LogP contribution in [0, 0.1) is 0 Å². The molecule has 1 aromatic rings. The Hall–Kier alpha value is -1.39. The molecule has 1 aliphatic heterocycles. The van der Waals surface area contributed by atoms with E-state index in [1.54, 1.807) is 0 Å². The van der Waals surface area contributed by atoms with Gasteiger partial charge in [-0.1, -0.05) is 0 Å². The van der Waals surface area contributed by atoms with Crippen LogP contribution in [0.1, 0.15) is 24.8 Å². The number of anilines is 1. The van der Waals surface area contributed by atoms with Gasteiger partial charge in [0.15, 0.2) is 0 Å². The number of hydrogen-bond donors (Lipinski definition) is 1. The third kappa shape index (κ3) is 1.83. The minimum atomic E-state index is -4.30. The molecule has 2 nitrogen and oxygen atoms in total. The Balaban J connectivity index is 1.94. The van der Waals surface area contributed by atoms with Gasteiger partial charge in [0.05, 0.1) is 17.3 Å². The number of halogens is 3. The van der Waals surface area contributed by atoms with Crippen molar-refractivity contribution < 1.29 is 17.9 Å². The molecule has 5 heteroatoms. The minimum absolute atomic E-state index is 0.110. The van der Waals surface area contributed by atoms with E-state index in [9.17, 15) is 13.2 Å². The summed E-state index contributed by atoms with van der Waals surface area (Å²) in [6.45, 7) is 0. The van der Waals surface area contributed by atoms with E-state index in [1.807, 2.05) is 0 Å². The van der Waals surface area contributed by atoms with Crippen LogP contribution >= 0.6 is 0 Å². The van der Waals surface area contributed by atoms with Crippen LogP contribution in [0.4, 0.5) is 18.9 Å². The smallest absolute Gasteiger partial charge is 0.416 e. The Labute approximate surface area is 96.8 Å². The summed E-state index contributed by atoms with van der Waals surface area (Å²) in [6.07, 6.45) is -1.20. The number of benzene rings is 1. The minimum Gasteiger partial charge on any atom is -0.486 e. The second-order valence-corrected chi connectivity index (χ2v) is 4.55. The first-order chi connectivity index (χ1) is 8.04. The topological polar surface area (TPSA) is 21.3 Å². The highest BCUT2D eigenvalue weighted by Gasteiger charge is 2.36. The average Bonchev–Trinajstić information content (AvgIpc) is 2.70. The van der Waals surface area contributed by atoms with E-state index in [-0.39, 0.29) is 12.1 Å². The monoisotopic (exact) mass is 243 g/mol. The van der Waals surface area contributed by atoms with Crippen molar-refractivity contribution in [2.45, 2.75) is 37.6 Å². The number of rotatable bonds is 0. The van der Waals surface area contributed by atoms with E-state index in [1.165, 1.54) is 6.07 Å². The van der Waals surface area contributed by atoms with E-state index in [0.29, 0.717) is 11.4 Å². The maximum Gasteiger partial charge on any atom is 0.416 e. The van der Waals surface area contributed by atoms with Gasteiger partial charge in [-0.05, 0) is 37.5 Å². The summed E-state index contributed by atoms with van der Waals surface area (Å²) in [5.41, 5.74) is -0.174. The van der Waals surface area contributed by atoms with Gasteiger partial charge in [0.25, 0.3) is 0 Å². The Morgan fingerprint density at radius 1 is 1.24 bits per heavy atom. The first-order valence-corrected chi connectivity index (χ1v) is 5.68. The van der Waals surface area contributed by atoms with Gasteiger partial charge in [-0.15, -0.1) is 0 Å². The quantitative estimate of drug-likeness (QED) is 0.753. The average molecular weight is 243 g/mol. The van der Waals surface area contributed by atoms with Gasteiger partial charge in [-0.2, -0.15) is 13.2 Å². The summed E-state index contributed by atoms with van der Waals surface area (Å²) < 4.78 is 43.4. The summed E-state index contributed by atoms with van der Waals surface area (Å²) >= 11 is 0. The number of nitrogens with one attached hydrogen (secondary N) is 1. The maximum atomic E-state index is 12.6. The van der Waals surface area contributed by atoms with Gasteiger partial charge < -0.3 is 10.1 Å². The normalized spacial score (nSPS) is 26.8. The molecule has 1 saturated carbocycles. The van der Waals surface area contributed by atoms with E-state index in [0.717, 1.165) is 31.4 Å². The van der Waals surface area contributed by atoms with Crippen molar-refractivity contribution in [1.29, 1.82) is 0 Å². The molecular formula is C12H12F3NO. The maximum absolute atomic E-state index is 12.6. The lowest BCUT2D eigenvalue weighted by atomic mass is 10.1. The second kappa shape index (κ2) is 3.55. The Morgan fingerprint density at radius 3 is 2.82 bits per heavy atom. The first-order valence-electron chi connectivity index (χ1n) is 5.68.